The van der Waals surface area contributed by atoms with Crippen LogP contribution < -0.4 is 0 Å². The van der Waals surface area contributed by atoms with Gasteiger partial charge in [-0.05, 0) is 31.6 Å². The third-order valence-corrected chi connectivity index (χ3v) is 7.67. The molecule has 0 aliphatic heterocycles. The summed E-state index contributed by atoms with van der Waals surface area (Å²) in [6, 6.07) is 0. The number of hydrogen-bond donors (Lipinski definition) is 1. The maximum Gasteiger partial charge on any atom is 0.503 e. The summed E-state index contributed by atoms with van der Waals surface area (Å²) in [7, 11) is 2.63. The van der Waals surface area contributed by atoms with Crippen LogP contribution in [0.15, 0.2) is 0 Å². The van der Waals surface area contributed by atoms with E-state index in [0.717, 1.165) is 0 Å². The summed E-state index contributed by atoms with van der Waals surface area (Å²) in [6.07, 6.45) is 4.81. The van der Waals surface area contributed by atoms with E-state index in [0.29, 0.717) is 16.7 Å². The maximum absolute atomic E-state index is 5.55. The van der Waals surface area contributed by atoms with E-state index in [-0.39, 0.29) is 0 Å². The van der Waals surface area contributed by atoms with E-state index < -0.39 is 8.80 Å². The molecule has 0 N–H and O–H groups in total. The lowest BCUT2D eigenvalue weighted by atomic mass is 9.87. The summed E-state index contributed by atoms with van der Waals surface area (Å²) in [5, 5.41) is 0.576. The second-order valence-corrected chi connectivity index (χ2v) is 8.65. The van der Waals surface area contributed by atoms with Crippen LogP contribution in [0.25, 0.3) is 0 Å². The molecular formula is C11H24O3SSi. The molecular weight excluding hydrogens is 240 g/mol. The van der Waals surface area contributed by atoms with Crippen LogP contribution in [0.3, 0.4) is 0 Å². The Kier molecular flexibility index (Phi) is 5.80. The van der Waals surface area contributed by atoms with E-state index in [1.807, 2.05) is 0 Å². The standard InChI is InChI=1S/C11H24O3SSi/c1-9(16(12-2,13-3)14-4)10-5-7-11(15)8-6-10/h9-11,15H,5-8H2,1-4H3. The molecule has 1 atom stereocenters. The SMILES string of the molecule is CO[Si](OC)(OC)C(C)C1CCC(S)CC1. The monoisotopic (exact) mass is 264 g/mol. The van der Waals surface area contributed by atoms with Crippen LogP contribution in [-0.4, -0.2) is 35.4 Å². The van der Waals surface area contributed by atoms with Crippen LogP contribution >= 0.6 is 12.6 Å². The summed E-state index contributed by atoms with van der Waals surface area (Å²) in [5.74, 6) is 0.648. The minimum atomic E-state index is -2.46. The van der Waals surface area contributed by atoms with Gasteiger partial charge in [-0.25, -0.2) is 0 Å². The van der Waals surface area contributed by atoms with Crippen LogP contribution in [0.5, 0.6) is 0 Å². The molecule has 0 saturated heterocycles. The molecule has 0 amide bonds. The van der Waals surface area contributed by atoms with E-state index in [1.54, 1.807) is 21.3 Å². The summed E-state index contributed by atoms with van der Waals surface area (Å²) in [6.45, 7) is 2.20. The van der Waals surface area contributed by atoms with Gasteiger partial charge in [0.15, 0.2) is 0 Å². The van der Waals surface area contributed by atoms with Gasteiger partial charge in [-0.15, -0.1) is 0 Å². The smallest absolute Gasteiger partial charge is 0.377 e. The van der Waals surface area contributed by atoms with Gasteiger partial charge in [0.2, 0.25) is 0 Å². The van der Waals surface area contributed by atoms with Crippen molar-refractivity contribution in [1.29, 1.82) is 0 Å². The van der Waals surface area contributed by atoms with Gasteiger partial charge in [0, 0.05) is 32.1 Å². The Balaban J connectivity index is 2.64. The van der Waals surface area contributed by atoms with Gasteiger partial charge in [0.25, 0.3) is 0 Å². The second-order valence-electron chi connectivity index (χ2n) is 4.57. The van der Waals surface area contributed by atoms with E-state index in [9.17, 15) is 0 Å². The molecule has 16 heavy (non-hydrogen) atoms. The molecule has 0 aromatic carbocycles. The minimum absolute atomic E-state index is 0.369. The van der Waals surface area contributed by atoms with Crippen LogP contribution in [0.4, 0.5) is 0 Å². The zero-order valence-electron chi connectivity index (χ0n) is 10.7. The highest BCUT2D eigenvalue weighted by Crippen LogP contribution is 2.40. The highest BCUT2D eigenvalue weighted by Gasteiger charge is 2.48. The Bertz CT molecular complexity index is 195. The first-order chi connectivity index (χ1) is 7.59. The minimum Gasteiger partial charge on any atom is -0.377 e. The van der Waals surface area contributed by atoms with Crippen molar-refractivity contribution >= 4 is 21.4 Å². The van der Waals surface area contributed by atoms with E-state index in [4.69, 9.17) is 13.3 Å². The normalized spacial score (nSPS) is 29.1. The van der Waals surface area contributed by atoms with Crippen molar-refractivity contribution in [2.45, 2.75) is 43.4 Å². The molecule has 0 heterocycles. The first kappa shape index (κ1) is 14.5. The Morgan fingerprint density at radius 3 is 1.81 bits per heavy atom. The average molecular weight is 264 g/mol. The molecule has 1 saturated carbocycles. The molecule has 96 valence electrons. The molecule has 0 radical (unpaired) electrons. The number of thiol groups is 1. The van der Waals surface area contributed by atoms with Crippen LogP contribution in [0.1, 0.15) is 32.6 Å². The first-order valence-corrected chi connectivity index (χ1v) is 8.25. The fourth-order valence-corrected chi connectivity index (χ4v) is 5.52. The molecule has 1 fully saturated rings. The number of rotatable bonds is 5. The molecule has 1 aliphatic carbocycles. The fraction of sp³-hybridized carbons (Fsp3) is 1.00. The van der Waals surface area contributed by atoms with E-state index in [2.05, 4.69) is 19.6 Å². The lowest BCUT2D eigenvalue weighted by molar-refractivity contribution is 0.0994. The molecule has 0 bridgehead atoms. The summed E-state index contributed by atoms with van der Waals surface area (Å²) >= 11 is 4.53. The van der Waals surface area contributed by atoms with Crippen molar-refractivity contribution in [2.24, 2.45) is 5.92 Å². The molecule has 1 unspecified atom stereocenters. The quantitative estimate of drug-likeness (QED) is 0.611. The van der Waals surface area contributed by atoms with Crippen molar-refractivity contribution in [1.82, 2.24) is 0 Å². The van der Waals surface area contributed by atoms with Crippen molar-refractivity contribution in [3.05, 3.63) is 0 Å². The summed E-state index contributed by atoms with van der Waals surface area (Å²) < 4.78 is 16.7. The van der Waals surface area contributed by atoms with Crippen molar-refractivity contribution < 1.29 is 13.3 Å². The zero-order chi connectivity index (χ0) is 12.2. The summed E-state index contributed by atoms with van der Waals surface area (Å²) in [4.78, 5) is 0. The molecule has 0 spiro atoms. The largest absolute Gasteiger partial charge is 0.503 e. The van der Waals surface area contributed by atoms with Crippen LogP contribution in [-0.2, 0) is 13.3 Å². The van der Waals surface area contributed by atoms with Crippen molar-refractivity contribution in [2.75, 3.05) is 21.3 Å². The zero-order valence-corrected chi connectivity index (χ0v) is 12.6. The third-order valence-electron chi connectivity index (χ3n) is 3.86. The van der Waals surface area contributed by atoms with Gasteiger partial charge in [-0.1, -0.05) is 6.92 Å². The molecule has 0 aromatic heterocycles. The van der Waals surface area contributed by atoms with Gasteiger partial charge >= 0.3 is 8.80 Å². The predicted molar refractivity (Wildman–Crippen MR) is 70.9 cm³/mol. The van der Waals surface area contributed by atoms with Gasteiger partial charge in [-0.2, -0.15) is 12.6 Å². The fourth-order valence-electron chi connectivity index (χ4n) is 2.70. The Labute approximate surface area is 106 Å². The highest BCUT2D eigenvalue weighted by molar-refractivity contribution is 7.80. The molecule has 5 heteroatoms. The van der Waals surface area contributed by atoms with Gasteiger partial charge < -0.3 is 13.3 Å². The average Bonchev–Trinajstić information content (AvgIpc) is 2.33. The van der Waals surface area contributed by atoms with Gasteiger partial charge in [-0.3, -0.25) is 0 Å². The topological polar surface area (TPSA) is 27.7 Å². The third kappa shape index (κ3) is 3.01. The molecule has 1 aliphatic rings. The predicted octanol–water partition coefficient (Wildman–Crippen LogP) is 2.74. The van der Waals surface area contributed by atoms with Crippen molar-refractivity contribution in [3.8, 4) is 0 Å². The first-order valence-electron chi connectivity index (χ1n) is 5.93. The Hall–Kier alpha value is 0.447. The highest BCUT2D eigenvalue weighted by atomic mass is 32.1. The lowest BCUT2D eigenvalue weighted by Gasteiger charge is -2.37. The Morgan fingerprint density at radius 2 is 1.44 bits per heavy atom. The van der Waals surface area contributed by atoms with Crippen LogP contribution in [0, 0.1) is 5.92 Å². The van der Waals surface area contributed by atoms with Crippen molar-refractivity contribution in [3.63, 3.8) is 0 Å². The van der Waals surface area contributed by atoms with E-state index in [1.165, 1.54) is 25.7 Å². The molecule has 0 aromatic rings. The maximum atomic E-state index is 5.55. The second kappa shape index (κ2) is 6.40. The van der Waals surface area contributed by atoms with E-state index >= 15 is 0 Å². The lowest BCUT2D eigenvalue weighted by Crippen LogP contribution is -2.49. The number of hydrogen-bond acceptors (Lipinski definition) is 4. The molecule has 3 nitrogen and oxygen atoms in total. The van der Waals surface area contributed by atoms with Gasteiger partial charge in [0.1, 0.15) is 0 Å². The van der Waals surface area contributed by atoms with Gasteiger partial charge in [0.05, 0.1) is 0 Å². The molecule has 1 rings (SSSR count). The van der Waals surface area contributed by atoms with Crippen LogP contribution in [0.2, 0.25) is 5.54 Å². The summed E-state index contributed by atoms with van der Waals surface area (Å²) in [5.41, 5.74) is 0.369. The Morgan fingerprint density at radius 1 is 1.00 bits per heavy atom.